The lowest BCUT2D eigenvalue weighted by molar-refractivity contribution is -0.384. The highest BCUT2D eigenvalue weighted by Gasteiger charge is 2.35. The summed E-state index contributed by atoms with van der Waals surface area (Å²) in [6.45, 7) is 3.51. The molecule has 1 rings (SSSR count). The van der Waals surface area contributed by atoms with Gasteiger partial charge >= 0.3 is 11.7 Å². The maximum atomic E-state index is 11.9. The van der Waals surface area contributed by atoms with E-state index in [0.29, 0.717) is 12.8 Å². The number of hydrogen-bond acceptors (Lipinski definition) is 6. The molecule has 0 bridgehead atoms. The lowest BCUT2D eigenvalue weighted by Crippen LogP contribution is -2.44. The van der Waals surface area contributed by atoms with Crippen molar-refractivity contribution in [3.05, 3.63) is 33.9 Å². The molecule has 112 valence electrons. The molecule has 0 saturated carbocycles. The smallest absolute Gasteiger partial charge is 0.331 e. The molecule has 0 radical (unpaired) electrons. The summed E-state index contributed by atoms with van der Waals surface area (Å²) >= 11 is 0. The highest BCUT2D eigenvalue weighted by molar-refractivity contribution is 5.85. The molecular weight excluding hydrogens is 274 g/mol. The van der Waals surface area contributed by atoms with Crippen molar-refractivity contribution < 1.29 is 14.5 Å². The molecule has 1 N–H and O–H groups in total. The van der Waals surface area contributed by atoms with E-state index < -0.39 is 16.4 Å². The summed E-state index contributed by atoms with van der Waals surface area (Å²) in [6.07, 6.45) is 1.12. The van der Waals surface area contributed by atoms with E-state index in [4.69, 9.17) is 10.00 Å². The Bertz CT molecular complexity index is 594. The molecule has 1 aromatic carbocycles. The number of rotatable bonds is 6. The van der Waals surface area contributed by atoms with Crippen LogP contribution in [0.2, 0.25) is 0 Å². The van der Waals surface area contributed by atoms with Gasteiger partial charge in [-0.15, -0.1) is 0 Å². The number of nitrogens with one attached hydrogen (secondary N) is 1. The number of benzene rings is 1. The van der Waals surface area contributed by atoms with Gasteiger partial charge in [-0.25, -0.2) is 4.79 Å². The first kappa shape index (κ1) is 16.4. The normalized spacial score (nSPS) is 12.9. The molecule has 7 nitrogen and oxygen atoms in total. The third kappa shape index (κ3) is 3.48. The third-order valence-electron chi connectivity index (χ3n) is 3.14. The quantitative estimate of drug-likeness (QED) is 0.490. The minimum Gasteiger partial charge on any atom is -0.467 e. The number of carbonyl (C=O) groups excluding carboxylic acids is 1. The van der Waals surface area contributed by atoms with E-state index in [-0.39, 0.29) is 16.9 Å². The van der Waals surface area contributed by atoms with Crippen LogP contribution >= 0.6 is 0 Å². The van der Waals surface area contributed by atoms with Crippen LogP contribution in [0.1, 0.15) is 32.3 Å². The zero-order valence-electron chi connectivity index (χ0n) is 12.2. The van der Waals surface area contributed by atoms with Crippen LogP contribution in [0.15, 0.2) is 18.2 Å². The van der Waals surface area contributed by atoms with E-state index in [1.54, 1.807) is 13.0 Å². The largest absolute Gasteiger partial charge is 0.467 e. The number of ether oxygens (including phenoxy) is 1. The standard InChI is InChI=1S/C14H17N3O4/c1-4-8-14(2,13(18)21-3)16-11-7-5-6-10(9-15)12(11)17(19)20/h5-7,16H,4,8H2,1-3H3. The maximum Gasteiger partial charge on any atom is 0.331 e. The number of nitriles is 1. The molecule has 21 heavy (non-hydrogen) atoms. The Labute approximate surface area is 122 Å². The number of esters is 1. The van der Waals surface area contributed by atoms with Crippen molar-refractivity contribution in [3.8, 4) is 6.07 Å². The van der Waals surface area contributed by atoms with E-state index in [2.05, 4.69) is 5.32 Å². The van der Waals surface area contributed by atoms with E-state index >= 15 is 0 Å². The van der Waals surface area contributed by atoms with Gasteiger partial charge in [0.25, 0.3) is 0 Å². The highest BCUT2D eigenvalue weighted by atomic mass is 16.6. The van der Waals surface area contributed by atoms with E-state index in [9.17, 15) is 14.9 Å². The maximum absolute atomic E-state index is 11.9. The summed E-state index contributed by atoms with van der Waals surface area (Å²) in [4.78, 5) is 22.5. The molecule has 0 saturated heterocycles. The topological polar surface area (TPSA) is 105 Å². The number of carbonyl (C=O) groups is 1. The Morgan fingerprint density at radius 3 is 2.71 bits per heavy atom. The van der Waals surface area contributed by atoms with Gasteiger partial charge < -0.3 is 10.1 Å². The average molecular weight is 291 g/mol. The fourth-order valence-electron chi connectivity index (χ4n) is 2.17. The van der Waals surface area contributed by atoms with Crippen LogP contribution in [-0.4, -0.2) is 23.5 Å². The van der Waals surface area contributed by atoms with Crippen molar-refractivity contribution in [2.45, 2.75) is 32.2 Å². The summed E-state index contributed by atoms with van der Waals surface area (Å²) in [6, 6.07) is 6.13. The second kappa shape index (κ2) is 6.70. The first-order valence-corrected chi connectivity index (χ1v) is 6.43. The van der Waals surface area contributed by atoms with Crippen LogP contribution in [0.25, 0.3) is 0 Å². The van der Waals surface area contributed by atoms with Gasteiger partial charge in [-0.3, -0.25) is 10.1 Å². The molecular formula is C14H17N3O4. The molecule has 1 aromatic rings. The first-order chi connectivity index (χ1) is 9.89. The van der Waals surface area contributed by atoms with Gasteiger partial charge in [-0.2, -0.15) is 5.26 Å². The molecule has 0 amide bonds. The van der Waals surface area contributed by atoms with Crippen LogP contribution in [0.4, 0.5) is 11.4 Å². The van der Waals surface area contributed by atoms with E-state index in [1.165, 1.54) is 25.3 Å². The summed E-state index contributed by atoms with van der Waals surface area (Å²) in [7, 11) is 1.26. The molecule has 7 heteroatoms. The minimum atomic E-state index is -1.09. The number of nitro benzene ring substituents is 1. The van der Waals surface area contributed by atoms with Crippen molar-refractivity contribution in [2.75, 3.05) is 12.4 Å². The van der Waals surface area contributed by atoms with Crippen molar-refractivity contribution >= 4 is 17.3 Å². The van der Waals surface area contributed by atoms with Gasteiger partial charge in [-0.05, 0) is 25.5 Å². The molecule has 0 aromatic heterocycles. The number of para-hydroxylation sites is 1. The zero-order chi connectivity index (χ0) is 16.0. The Morgan fingerprint density at radius 2 is 2.24 bits per heavy atom. The zero-order valence-corrected chi connectivity index (χ0v) is 12.2. The second-order valence-corrected chi connectivity index (χ2v) is 4.77. The van der Waals surface area contributed by atoms with Crippen LogP contribution in [0.3, 0.4) is 0 Å². The number of anilines is 1. The van der Waals surface area contributed by atoms with Gasteiger partial charge in [-0.1, -0.05) is 19.4 Å². The van der Waals surface area contributed by atoms with Crippen molar-refractivity contribution in [3.63, 3.8) is 0 Å². The van der Waals surface area contributed by atoms with Crippen molar-refractivity contribution in [1.29, 1.82) is 5.26 Å². The summed E-state index contributed by atoms with van der Waals surface area (Å²) < 4.78 is 4.76. The van der Waals surface area contributed by atoms with Crippen molar-refractivity contribution in [1.82, 2.24) is 0 Å². The van der Waals surface area contributed by atoms with E-state index in [0.717, 1.165) is 0 Å². The van der Waals surface area contributed by atoms with Gasteiger partial charge in [0.05, 0.1) is 12.0 Å². The Balaban J connectivity index is 3.31. The minimum absolute atomic E-state index is 0.0614. The Morgan fingerprint density at radius 1 is 1.57 bits per heavy atom. The van der Waals surface area contributed by atoms with Crippen molar-refractivity contribution in [2.24, 2.45) is 0 Å². The van der Waals surface area contributed by atoms with Gasteiger partial charge in [0.15, 0.2) is 0 Å². The Hall–Kier alpha value is -2.62. The predicted molar refractivity (Wildman–Crippen MR) is 76.8 cm³/mol. The lowest BCUT2D eigenvalue weighted by atomic mass is 9.95. The van der Waals surface area contributed by atoms with Crippen LogP contribution in [0, 0.1) is 21.4 Å². The van der Waals surface area contributed by atoms with Crippen LogP contribution in [0.5, 0.6) is 0 Å². The molecule has 0 fully saturated rings. The molecule has 0 aliphatic carbocycles. The molecule has 0 heterocycles. The van der Waals surface area contributed by atoms with Crippen LogP contribution in [-0.2, 0) is 9.53 Å². The summed E-state index contributed by atoms with van der Waals surface area (Å²) in [5.41, 5.74) is -1.37. The third-order valence-corrected chi connectivity index (χ3v) is 3.14. The number of nitrogens with zero attached hydrogens (tertiary/aromatic N) is 2. The number of nitro groups is 1. The predicted octanol–water partition coefficient (Wildman–Crippen LogP) is 2.61. The Kier molecular flexibility index (Phi) is 5.24. The molecule has 1 unspecified atom stereocenters. The number of methoxy groups -OCH3 is 1. The van der Waals surface area contributed by atoms with Gasteiger partial charge in [0, 0.05) is 0 Å². The molecule has 1 atom stereocenters. The SMILES string of the molecule is CCCC(C)(Nc1cccc(C#N)c1[N+](=O)[O-])C(=O)OC. The molecule has 0 aliphatic rings. The van der Waals surface area contributed by atoms with Gasteiger partial charge in [0.2, 0.25) is 0 Å². The monoisotopic (exact) mass is 291 g/mol. The highest BCUT2D eigenvalue weighted by Crippen LogP contribution is 2.32. The summed E-state index contributed by atoms with van der Waals surface area (Å²) in [5, 5.41) is 23.0. The fraction of sp³-hybridized carbons (Fsp3) is 0.429. The lowest BCUT2D eigenvalue weighted by Gasteiger charge is -2.28. The van der Waals surface area contributed by atoms with Crippen LogP contribution < -0.4 is 5.32 Å². The molecule has 0 spiro atoms. The molecule has 0 aliphatic heterocycles. The summed E-state index contributed by atoms with van der Waals surface area (Å²) in [5.74, 6) is -0.513. The van der Waals surface area contributed by atoms with Gasteiger partial charge in [0.1, 0.15) is 22.9 Å². The average Bonchev–Trinajstić information content (AvgIpc) is 2.45. The number of hydrogen-bond donors (Lipinski definition) is 1. The van der Waals surface area contributed by atoms with E-state index in [1.807, 2.05) is 6.92 Å². The fourth-order valence-corrected chi connectivity index (χ4v) is 2.17. The second-order valence-electron chi connectivity index (χ2n) is 4.77. The first-order valence-electron chi connectivity index (χ1n) is 6.43.